The molecule has 5 heteroatoms. The molecular formula is C8H12N2O3. The quantitative estimate of drug-likeness (QED) is 0.544. The van der Waals surface area contributed by atoms with Crippen molar-refractivity contribution in [2.24, 2.45) is 11.8 Å². The van der Waals surface area contributed by atoms with Crippen molar-refractivity contribution >= 4 is 12.0 Å². The second-order valence-corrected chi connectivity index (χ2v) is 3.63. The lowest BCUT2D eigenvalue weighted by Crippen LogP contribution is -2.43. The highest BCUT2D eigenvalue weighted by Crippen LogP contribution is 2.27. The van der Waals surface area contributed by atoms with Crippen molar-refractivity contribution in [3.63, 3.8) is 0 Å². The first-order chi connectivity index (χ1) is 6.18. The Labute approximate surface area is 75.7 Å². The lowest BCUT2D eigenvalue weighted by Gasteiger charge is -2.31. The SMILES string of the molecule is O=C1NC[C@H]2CN(C(=O)O)CC[C@@H]12. The molecule has 0 radical (unpaired) electrons. The van der Waals surface area contributed by atoms with Gasteiger partial charge >= 0.3 is 6.09 Å². The summed E-state index contributed by atoms with van der Waals surface area (Å²) in [6.45, 7) is 1.62. The summed E-state index contributed by atoms with van der Waals surface area (Å²) in [4.78, 5) is 23.2. The van der Waals surface area contributed by atoms with Gasteiger partial charge in [0.15, 0.2) is 0 Å². The summed E-state index contributed by atoms with van der Waals surface area (Å²) in [5.74, 6) is 0.336. The van der Waals surface area contributed by atoms with Crippen LogP contribution in [0.3, 0.4) is 0 Å². The van der Waals surface area contributed by atoms with Crippen LogP contribution in [0.25, 0.3) is 0 Å². The van der Waals surface area contributed by atoms with E-state index >= 15 is 0 Å². The molecule has 0 aromatic carbocycles. The number of piperidine rings is 1. The number of fused-ring (bicyclic) bond motifs is 1. The van der Waals surface area contributed by atoms with Gasteiger partial charge in [0.05, 0.1) is 0 Å². The third kappa shape index (κ3) is 1.34. The molecule has 2 aliphatic heterocycles. The van der Waals surface area contributed by atoms with Crippen LogP contribution >= 0.6 is 0 Å². The topological polar surface area (TPSA) is 69.6 Å². The lowest BCUT2D eigenvalue weighted by atomic mass is 9.88. The molecule has 0 bridgehead atoms. The summed E-state index contributed by atoms with van der Waals surface area (Å²) < 4.78 is 0. The Hall–Kier alpha value is -1.26. The minimum Gasteiger partial charge on any atom is -0.465 e. The van der Waals surface area contributed by atoms with E-state index in [0.29, 0.717) is 26.1 Å². The van der Waals surface area contributed by atoms with E-state index in [1.54, 1.807) is 0 Å². The van der Waals surface area contributed by atoms with Gasteiger partial charge in [-0.2, -0.15) is 0 Å². The second-order valence-electron chi connectivity index (χ2n) is 3.63. The predicted molar refractivity (Wildman–Crippen MR) is 44.2 cm³/mol. The third-order valence-electron chi connectivity index (χ3n) is 2.88. The molecule has 2 fully saturated rings. The molecule has 13 heavy (non-hydrogen) atoms. The van der Waals surface area contributed by atoms with Crippen LogP contribution in [0.1, 0.15) is 6.42 Å². The summed E-state index contributed by atoms with van der Waals surface area (Å²) >= 11 is 0. The molecule has 2 heterocycles. The van der Waals surface area contributed by atoms with Crippen LogP contribution in [-0.4, -0.2) is 41.6 Å². The fourth-order valence-electron chi connectivity index (χ4n) is 2.12. The molecule has 0 aliphatic carbocycles. The first-order valence-corrected chi connectivity index (χ1v) is 4.44. The zero-order valence-corrected chi connectivity index (χ0v) is 7.19. The minimum atomic E-state index is -0.877. The van der Waals surface area contributed by atoms with Crippen molar-refractivity contribution in [1.82, 2.24) is 10.2 Å². The van der Waals surface area contributed by atoms with E-state index in [2.05, 4.69) is 5.32 Å². The molecule has 2 N–H and O–H groups in total. The average Bonchev–Trinajstić information content (AvgIpc) is 2.47. The fourth-order valence-corrected chi connectivity index (χ4v) is 2.12. The molecule has 0 saturated carbocycles. The summed E-state index contributed by atoms with van der Waals surface area (Å²) in [5, 5.41) is 11.5. The molecule has 2 amide bonds. The number of nitrogens with one attached hydrogen (secondary N) is 1. The van der Waals surface area contributed by atoms with Crippen LogP contribution in [0.15, 0.2) is 0 Å². The maximum absolute atomic E-state index is 11.2. The summed E-state index contributed by atoms with van der Waals surface area (Å²) in [7, 11) is 0. The van der Waals surface area contributed by atoms with Crippen molar-refractivity contribution in [3.05, 3.63) is 0 Å². The highest BCUT2D eigenvalue weighted by atomic mass is 16.4. The Morgan fingerprint density at radius 2 is 2.38 bits per heavy atom. The zero-order valence-electron chi connectivity index (χ0n) is 7.19. The van der Waals surface area contributed by atoms with Crippen molar-refractivity contribution < 1.29 is 14.7 Å². The largest absolute Gasteiger partial charge is 0.465 e. The van der Waals surface area contributed by atoms with Gasteiger partial charge in [-0.25, -0.2) is 4.79 Å². The van der Waals surface area contributed by atoms with Crippen LogP contribution in [-0.2, 0) is 4.79 Å². The Bertz CT molecular complexity index is 254. The minimum absolute atomic E-state index is 0.0515. The van der Waals surface area contributed by atoms with Gasteiger partial charge in [-0.15, -0.1) is 0 Å². The van der Waals surface area contributed by atoms with Crippen molar-refractivity contribution in [2.45, 2.75) is 6.42 Å². The number of carboxylic acid groups (broad SMARTS) is 1. The van der Waals surface area contributed by atoms with Crippen molar-refractivity contribution in [3.8, 4) is 0 Å². The number of hydrogen-bond donors (Lipinski definition) is 2. The molecule has 0 aromatic rings. The van der Waals surface area contributed by atoms with E-state index < -0.39 is 6.09 Å². The molecule has 2 saturated heterocycles. The predicted octanol–water partition coefficient (Wildman–Crippen LogP) is -0.268. The second kappa shape index (κ2) is 2.90. The van der Waals surface area contributed by atoms with E-state index in [1.807, 2.05) is 0 Å². The van der Waals surface area contributed by atoms with E-state index in [9.17, 15) is 9.59 Å². The number of carbonyl (C=O) groups is 2. The average molecular weight is 184 g/mol. The zero-order chi connectivity index (χ0) is 9.42. The fraction of sp³-hybridized carbons (Fsp3) is 0.750. The van der Waals surface area contributed by atoms with Crippen LogP contribution in [0.2, 0.25) is 0 Å². The molecule has 5 nitrogen and oxygen atoms in total. The molecule has 2 rings (SSSR count). The van der Waals surface area contributed by atoms with Gasteiger partial charge in [0.1, 0.15) is 0 Å². The van der Waals surface area contributed by atoms with Gasteiger partial charge in [-0.05, 0) is 6.42 Å². The van der Waals surface area contributed by atoms with E-state index in [1.165, 1.54) is 4.90 Å². The number of amides is 2. The maximum atomic E-state index is 11.2. The maximum Gasteiger partial charge on any atom is 0.407 e. The number of hydrogen-bond acceptors (Lipinski definition) is 2. The molecule has 72 valence electrons. The van der Waals surface area contributed by atoms with Gasteiger partial charge < -0.3 is 15.3 Å². The molecule has 0 unspecified atom stereocenters. The molecule has 2 atom stereocenters. The molecular weight excluding hydrogens is 172 g/mol. The number of likely N-dealkylation sites (tertiary alicyclic amines) is 1. The molecule has 0 aromatic heterocycles. The number of nitrogens with zero attached hydrogens (tertiary/aromatic N) is 1. The van der Waals surface area contributed by atoms with E-state index in [0.717, 1.165) is 0 Å². The number of rotatable bonds is 0. The van der Waals surface area contributed by atoms with Gasteiger partial charge in [-0.3, -0.25) is 4.79 Å². The number of carbonyl (C=O) groups excluding carboxylic acids is 1. The Kier molecular flexibility index (Phi) is 1.86. The Morgan fingerprint density at radius 3 is 3.08 bits per heavy atom. The molecule has 2 aliphatic rings. The van der Waals surface area contributed by atoms with Crippen LogP contribution in [0.4, 0.5) is 4.79 Å². The third-order valence-corrected chi connectivity index (χ3v) is 2.88. The summed E-state index contributed by atoms with van der Waals surface area (Å²) in [6.07, 6.45) is -0.208. The van der Waals surface area contributed by atoms with Gasteiger partial charge in [0.25, 0.3) is 0 Å². The lowest BCUT2D eigenvalue weighted by molar-refractivity contribution is -0.123. The Morgan fingerprint density at radius 1 is 1.62 bits per heavy atom. The Balaban J connectivity index is 2.03. The first-order valence-electron chi connectivity index (χ1n) is 4.44. The normalized spacial score (nSPS) is 32.6. The standard InChI is InChI=1S/C8H12N2O3/c11-7-6-1-2-10(8(12)13)4-5(6)3-9-7/h5-6H,1-4H2,(H,9,11)(H,12,13)/t5-,6+/m0/s1. The summed E-state index contributed by atoms with van der Waals surface area (Å²) in [5.41, 5.74) is 0. The monoisotopic (exact) mass is 184 g/mol. The van der Waals surface area contributed by atoms with Gasteiger partial charge in [-0.1, -0.05) is 0 Å². The highest BCUT2D eigenvalue weighted by molar-refractivity contribution is 5.81. The smallest absolute Gasteiger partial charge is 0.407 e. The van der Waals surface area contributed by atoms with Crippen LogP contribution < -0.4 is 5.32 Å². The molecule has 0 spiro atoms. The van der Waals surface area contributed by atoms with Gasteiger partial charge in [0.2, 0.25) is 5.91 Å². The van der Waals surface area contributed by atoms with Crippen LogP contribution in [0.5, 0.6) is 0 Å². The highest BCUT2D eigenvalue weighted by Gasteiger charge is 2.39. The van der Waals surface area contributed by atoms with Crippen LogP contribution in [0, 0.1) is 11.8 Å². The van der Waals surface area contributed by atoms with Crippen molar-refractivity contribution in [1.29, 1.82) is 0 Å². The first kappa shape index (κ1) is 8.34. The van der Waals surface area contributed by atoms with E-state index in [4.69, 9.17) is 5.11 Å². The van der Waals surface area contributed by atoms with Gasteiger partial charge in [0, 0.05) is 31.5 Å². The van der Waals surface area contributed by atoms with Crippen molar-refractivity contribution in [2.75, 3.05) is 19.6 Å². The van der Waals surface area contributed by atoms with E-state index in [-0.39, 0.29) is 17.7 Å². The summed E-state index contributed by atoms with van der Waals surface area (Å²) in [6, 6.07) is 0.